The second-order valence-corrected chi connectivity index (χ2v) is 5.54. The van der Waals surface area contributed by atoms with E-state index in [0.717, 1.165) is 5.56 Å². The van der Waals surface area contributed by atoms with E-state index in [4.69, 9.17) is 14.2 Å². The summed E-state index contributed by atoms with van der Waals surface area (Å²) in [7, 11) is 3.08. The number of carbonyl (C=O) groups excluding carboxylic acids is 1. The number of hydrogen-bond acceptors (Lipinski definition) is 6. The number of anilines is 1. The van der Waals surface area contributed by atoms with Crippen LogP contribution in [0.4, 0.5) is 5.69 Å². The molecule has 0 radical (unpaired) electrons. The van der Waals surface area contributed by atoms with Crippen molar-refractivity contribution in [2.24, 2.45) is 0 Å². The maximum absolute atomic E-state index is 12.5. The van der Waals surface area contributed by atoms with Crippen LogP contribution in [0.1, 0.15) is 16.1 Å². The summed E-state index contributed by atoms with van der Waals surface area (Å²) < 4.78 is 16.1. The molecule has 3 rings (SSSR count). The largest absolute Gasteiger partial charge is 0.493 e. The zero-order chi connectivity index (χ0) is 19.1. The van der Waals surface area contributed by atoms with Gasteiger partial charge in [-0.1, -0.05) is 30.3 Å². The van der Waals surface area contributed by atoms with Crippen LogP contribution >= 0.6 is 0 Å². The van der Waals surface area contributed by atoms with Crippen molar-refractivity contribution in [1.29, 1.82) is 0 Å². The van der Waals surface area contributed by atoms with Crippen molar-refractivity contribution in [2.75, 3.05) is 19.5 Å². The molecule has 138 valence electrons. The highest BCUT2D eigenvalue weighted by molar-refractivity contribution is 6.03. The topological polar surface area (TPSA) is 82.6 Å². The van der Waals surface area contributed by atoms with Gasteiger partial charge in [-0.25, -0.2) is 9.97 Å². The maximum atomic E-state index is 12.5. The average molecular weight is 365 g/mol. The molecule has 1 aromatic heterocycles. The predicted molar refractivity (Wildman–Crippen MR) is 100 cm³/mol. The molecule has 1 amide bonds. The highest BCUT2D eigenvalue weighted by atomic mass is 16.5. The molecule has 0 fully saturated rings. The Hall–Kier alpha value is -3.61. The molecule has 2 aromatic carbocycles. The fourth-order valence-electron chi connectivity index (χ4n) is 2.38. The molecule has 7 nitrogen and oxygen atoms in total. The van der Waals surface area contributed by atoms with E-state index in [0.29, 0.717) is 29.7 Å². The van der Waals surface area contributed by atoms with Gasteiger partial charge in [0, 0.05) is 17.8 Å². The SMILES string of the molecule is COc1ccc(NC(=O)c2cc(OCc3ccccc3)ncn2)cc1OC. The van der Waals surface area contributed by atoms with E-state index >= 15 is 0 Å². The Morgan fingerprint density at radius 3 is 2.48 bits per heavy atom. The van der Waals surface area contributed by atoms with Crippen LogP contribution in [-0.4, -0.2) is 30.1 Å². The Balaban J connectivity index is 1.68. The highest BCUT2D eigenvalue weighted by Gasteiger charge is 2.12. The van der Waals surface area contributed by atoms with Crippen LogP contribution in [0.25, 0.3) is 0 Å². The number of methoxy groups -OCH3 is 2. The van der Waals surface area contributed by atoms with Gasteiger partial charge in [0.2, 0.25) is 5.88 Å². The van der Waals surface area contributed by atoms with Crippen molar-refractivity contribution in [3.63, 3.8) is 0 Å². The summed E-state index contributed by atoms with van der Waals surface area (Å²) in [6.45, 7) is 0.356. The predicted octanol–water partition coefficient (Wildman–Crippen LogP) is 3.33. The van der Waals surface area contributed by atoms with Crippen LogP contribution in [0, 0.1) is 0 Å². The summed E-state index contributed by atoms with van der Waals surface area (Å²) in [6, 6.07) is 16.3. The molecule has 0 bridgehead atoms. The number of hydrogen-bond donors (Lipinski definition) is 1. The highest BCUT2D eigenvalue weighted by Crippen LogP contribution is 2.29. The monoisotopic (exact) mass is 365 g/mol. The molecule has 7 heteroatoms. The molecular weight excluding hydrogens is 346 g/mol. The first kappa shape index (κ1) is 18.2. The minimum absolute atomic E-state index is 0.197. The van der Waals surface area contributed by atoms with E-state index in [1.807, 2.05) is 30.3 Å². The van der Waals surface area contributed by atoms with Crippen molar-refractivity contribution in [1.82, 2.24) is 9.97 Å². The second kappa shape index (κ2) is 8.66. The van der Waals surface area contributed by atoms with Gasteiger partial charge in [0.15, 0.2) is 11.5 Å². The molecule has 0 aliphatic rings. The Bertz CT molecular complexity index is 916. The van der Waals surface area contributed by atoms with E-state index in [1.54, 1.807) is 25.3 Å². The third-order valence-electron chi connectivity index (χ3n) is 3.75. The van der Waals surface area contributed by atoms with E-state index in [9.17, 15) is 4.79 Å². The molecule has 0 spiro atoms. The summed E-state index contributed by atoms with van der Waals surface area (Å²) in [5.74, 6) is 1.04. The normalized spacial score (nSPS) is 10.1. The van der Waals surface area contributed by atoms with Gasteiger partial charge in [0.25, 0.3) is 5.91 Å². The second-order valence-electron chi connectivity index (χ2n) is 5.54. The lowest BCUT2D eigenvalue weighted by Gasteiger charge is -2.11. The van der Waals surface area contributed by atoms with Gasteiger partial charge in [-0.05, 0) is 17.7 Å². The number of nitrogens with zero attached hydrogens (tertiary/aromatic N) is 2. The van der Waals surface area contributed by atoms with Crippen LogP contribution in [0.2, 0.25) is 0 Å². The zero-order valence-electron chi connectivity index (χ0n) is 15.0. The van der Waals surface area contributed by atoms with Crippen LogP contribution in [0.5, 0.6) is 17.4 Å². The van der Waals surface area contributed by atoms with Crippen LogP contribution in [-0.2, 0) is 6.61 Å². The smallest absolute Gasteiger partial charge is 0.274 e. The lowest BCUT2D eigenvalue weighted by Crippen LogP contribution is -2.14. The van der Waals surface area contributed by atoms with E-state index in [1.165, 1.54) is 19.5 Å². The molecule has 27 heavy (non-hydrogen) atoms. The van der Waals surface area contributed by atoms with Gasteiger partial charge >= 0.3 is 0 Å². The third-order valence-corrected chi connectivity index (χ3v) is 3.75. The molecule has 3 aromatic rings. The molecule has 0 aliphatic heterocycles. The quantitative estimate of drug-likeness (QED) is 0.692. The van der Waals surface area contributed by atoms with Gasteiger partial charge < -0.3 is 19.5 Å². The Morgan fingerprint density at radius 2 is 1.74 bits per heavy atom. The lowest BCUT2D eigenvalue weighted by molar-refractivity contribution is 0.102. The fraction of sp³-hybridized carbons (Fsp3) is 0.150. The van der Waals surface area contributed by atoms with E-state index in [-0.39, 0.29) is 11.6 Å². The molecule has 1 heterocycles. The number of aromatic nitrogens is 2. The fourth-order valence-corrected chi connectivity index (χ4v) is 2.38. The lowest BCUT2D eigenvalue weighted by atomic mass is 10.2. The average Bonchev–Trinajstić information content (AvgIpc) is 2.73. The standard InChI is InChI=1S/C20H19N3O4/c1-25-17-9-8-15(10-18(17)26-2)23-20(24)16-11-19(22-13-21-16)27-12-14-6-4-3-5-7-14/h3-11,13H,12H2,1-2H3,(H,23,24). The van der Waals surface area contributed by atoms with Gasteiger partial charge in [0.1, 0.15) is 18.6 Å². The van der Waals surface area contributed by atoms with Gasteiger partial charge in [-0.15, -0.1) is 0 Å². The molecule has 0 unspecified atom stereocenters. The Morgan fingerprint density at radius 1 is 0.963 bits per heavy atom. The van der Waals surface area contributed by atoms with Crippen molar-refractivity contribution in [3.8, 4) is 17.4 Å². The first-order chi connectivity index (χ1) is 13.2. The van der Waals surface area contributed by atoms with Crippen LogP contribution in [0.3, 0.4) is 0 Å². The van der Waals surface area contributed by atoms with Gasteiger partial charge in [0.05, 0.1) is 14.2 Å². The summed E-state index contributed by atoms with van der Waals surface area (Å²) in [5, 5.41) is 2.76. The summed E-state index contributed by atoms with van der Waals surface area (Å²) >= 11 is 0. The molecule has 0 saturated heterocycles. The van der Waals surface area contributed by atoms with Crippen molar-refractivity contribution in [3.05, 3.63) is 72.2 Å². The minimum atomic E-state index is -0.380. The summed E-state index contributed by atoms with van der Waals surface area (Å²) in [4.78, 5) is 20.5. The summed E-state index contributed by atoms with van der Waals surface area (Å²) in [6.07, 6.45) is 1.30. The Labute approximate surface area is 156 Å². The van der Waals surface area contributed by atoms with Crippen molar-refractivity contribution >= 4 is 11.6 Å². The maximum Gasteiger partial charge on any atom is 0.274 e. The minimum Gasteiger partial charge on any atom is -0.493 e. The molecule has 0 aliphatic carbocycles. The first-order valence-corrected chi connectivity index (χ1v) is 8.21. The number of rotatable bonds is 7. The van der Waals surface area contributed by atoms with Crippen molar-refractivity contribution in [2.45, 2.75) is 6.61 Å². The number of nitrogens with one attached hydrogen (secondary N) is 1. The molecule has 0 atom stereocenters. The number of benzene rings is 2. The Kier molecular flexibility index (Phi) is 5.84. The first-order valence-electron chi connectivity index (χ1n) is 8.21. The molecular formula is C20H19N3O4. The third kappa shape index (κ3) is 4.72. The van der Waals surface area contributed by atoms with Gasteiger partial charge in [-0.2, -0.15) is 0 Å². The molecule has 0 saturated carbocycles. The van der Waals surface area contributed by atoms with Crippen molar-refractivity contribution < 1.29 is 19.0 Å². The summed E-state index contributed by atoms with van der Waals surface area (Å²) in [5.41, 5.74) is 1.76. The number of carbonyl (C=O) groups is 1. The zero-order valence-corrected chi connectivity index (χ0v) is 15.0. The van der Waals surface area contributed by atoms with E-state index in [2.05, 4.69) is 15.3 Å². The van der Waals surface area contributed by atoms with Crippen LogP contribution in [0.15, 0.2) is 60.9 Å². The number of amides is 1. The van der Waals surface area contributed by atoms with Crippen LogP contribution < -0.4 is 19.5 Å². The van der Waals surface area contributed by atoms with E-state index < -0.39 is 0 Å². The molecule has 1 N–H and O–H groups in total. The number of ether oxygens (including phenoxy) is 3. The van der Waals surface area contributed by atoms with Gasteiger partial charge in [-0.3, -0.25) is 4.79 Å².